The average Bonchev–Trinajstić information content (AvgIpc) is 3.18. The topological polar surface area (TPSA) is 109 Å². The SMILES string of the molecule is N#Cc1c(NC(=O)c2ccc(Cl)cc2[N+](=O)[O-])oc(-c2ccccc2)c1-c1ccccc1. The van der Waals surface area contributed by atoms with Crippen molar-refractivity contribution in [3.05, 3.63) is 105 Å². The zero-order valence-electron chi connectivity index (χ0n) is 16.4. The van der Waals surface area contributed by atoms with E-state index in [-0.39, 0.29) is 22.0 Å². The van der Waals surface area contributed by atoms with Crippen LogP contribution in [0.25, 0.3) is 22.5 Å². The van der Waals surface area contributed by atoms with Gasteiger partial charge in [-0.25, -0.2) is 0 Å². The molecule has 0 unspecified atom stereocenters. The monoisotopic (exact) mass is 443 g/mol. The molecule has 0 saturated heterocycles. The number of nitriles is 1. The van der Waals surface area contributed by atoms with Crippen LogP contribution in [0.2, 0.25) is 5.02 Å². The molecule has 1 heterocycles. The van der Waals surface area contributed by atoms with Crippen molar-refractivity contribution in [2.45, 2.75) is 0 Å². The maximum Gasteiger partial charge on any atom is 0.283 e. The van der Waals surface area contributed by atoms with Gasteiger partial charge in [0.25, 0.3) is 11.6 Å². The first-order valence-corrected chi connectivity index (χ1v) is 9.80. The summed E-state index contributed by atoms with van der Waals surface area (Å²) in [5.74, 6) is -0.494. The van der Waals surface area contributed by atoms with Gasteiger partial charge in [0.2, 0.25) is 5.88 Å². The van der Waals surface area contributed by atoms with Gasteiger partial charge in [0.1, 0.15) is 23.0 Å². The first kappa shape index (κ1) is 20.8. The van der Waals surface area contributed by atoms with Gasteiger partial charge >= 0.3 is 0 Å². The van der Waals surface area contributed by atoms with Gasteiger partial charge < -0.3 is 4.42 Å². The van der Waals surface area contributed by atoms with Crippen molar-refractivity contribution in [3.63, 3.8) is 0 Å². The predicted octanol–water partition coefficient (Wildman–Crippen LogP) is 6.30. The summed E-state index contributed by atoms with van der Waals surface area (Å²) in [4.78, 5) is 23.6. The molecule has 3 aromatic carbocycles. The summed E-state index contributed by atoms with van der Waals surface area (Å²) in [7, 11) is 0. The number of halogens is 1. The molecule has 0 fully saturated rings. The molecule has 156 valence electrons. The number of nitro benzene ring substituents is 1. The van der Waals surface area contributed by atoms with E-state index in [1.165, 1.54) is 12.1 Å². The van der Waals surface area contributed by atoms with Crippen LogP contribution in [0.15, 0.2) is 83.3 Å². The molecule has 8 heteroatoms. The lowest BCUT2D eigenvalue weighted by molar-refractivity contribution is -0.385. The Morgan fingerprint density at radius 1 is 1.00 bits per heavy atom. The second-order valence-electron chi connectivity index (χ2n) is 6.73. The van der Waals surface area contributed by atoms with Crippen molar-refractivity contribution in [3.8, 4) is 28.5 Å². The normalized spacial score (nSPS) is 10.4. The fraction of sp³-hybridized carbons (Fsp3) is 0. The Labute approximate surface area is 187 Å². The summed E-state index contributed by atoms with van der Waals surface area (Å²) in [5, 5.41) is 23.9. The first-order valence-electron chi connectivity index (χ1n) is 9.42. The number of nitrogens with one attached hydrogen (secondary N) is 1. The van der Waals surface area contributed by atoms with Crippen molar-refractivity contribution < 1.29 is 14.1 Å². The van der Waals surface area contributed by atoms with Crippen molar-refractivity contribution in [1.29, 1.82) is 5.26 Å². The van der Waals surface area contributed by atoms with Crippen molar-refractivity contribution >= 4 is 29.1 Å². The minimum atomic E-state index is -0.794. The fourth-order valence-corrected chi connectivity index (χ4v) is 3.48. The Hall–Kier alpha value is -4.41. The predicted molar refractivity (Wildman–Crippen MR) is 120 cm³/mol. The Balaban J connectivity index is 1.84. The highest BCUT2D eigenvalue weighted by atomic mass is 35.5. The number of anilines is 1. The van der Waals surface area contributed by atoms with E-state index in [4.69, 9.17) is 16.0 Å². The van der Waals surface area contributed by atoms with E-state index in [2.05, 4.69) is 11.4 Å². The number of carbonyl (C=O) groups is 1. The Morgan fingerprint density at radius 2 is 1.62 bits per heavy atom. The third kappa shape index (κ3) is 3.95. The molecular formula is C24H14ClN3O4. The van der Waals surface area contributed by atoms with E-state index in [0.717, 1.165) is 11.6 Å². The van der Waals surface area contributed by atoms with Crippen molar-refractivity contribution in [1.82, 2.24) is 0 Å². The van der Waals surface area contributed by atoms with Crippen LogP contribution in [-0.4, -0.2) is 10.8 Å². The number of furan rings is 1. The Kier molecular flexibility index (Phi) is 5.71. The van der Waals surface area contributed by atoms with Gasteiger partial charge in [-0.05, 0) is 17.7 Å². The number of amides is 1. The maximum absolute atomic E-state index is 12.9. The number of hydrogen-bond acceptors (Lipinski definition) is 5. The van der Waals surface area contributed by atoms with Gasteiger partial charge in [-0.3, -0.25) is 20.2 Å². The van der Waals surface area contributed by atoms with Gasteiger partial charge in [-0.15, -0.1) is 0 Å². The molecule has 0 atom stereocenters. The third-order valence-corrected chi connectivity index (χ3v) is 4.98. The highest BCUT2D eigenvalue weighted by molar-refractivity contribution is 6.31. The van der Waals surface area contributed by atoms with E-state index in [1.54, 1.807) is 0 Å². The van der Waals surface area contributed by atoms with Crippen LogP contribution in [-0.2, 0) is 0 Å². The number of rotatable bonds is 5. The minimum Gasteiger partial charge on any atom is -0.438 e. The zero-order valence-corrected chi connectivity index (χ0v) is 17.2. The van der Waals surface area contributed by atoms with E-state index in [1.807, 2.05) is 60.7 Å². The van der Waals surface area contributed by atoms with Crippen LogP contribution in [0, 0.1) is 21.4 Å². The number of hydrogen-bond donors (Lipinski definition) is 1. The van der Waals surface area contributed by atoms with Gasteiger partial charge in [0, 0.05) is 22.2 Å². The third-order valence-electron chi connectivity index (χ3n) is 4.75. The molecule has 1 N–H and O–H groups in total. The molecule has 0 bridgehead atoms. The smallest absolute Gasteiger partial charge is 0.283 e. The van der Waals surface area contributed by atoms with Gasteiger partial charge in [-0.1, -0.05) is 72.3 Å². The molecule has 0 aliphatic heterocycles. The molecule has 1 amide bonds. The van der Waals surface area contributed by atoms with Crippen molar-refractivity contribution in [2.75, 3.05) is 5.32 Å². The van der Waals surface area contributed by atoms with Crippen LogP contribution in [0.3, 0.4) is 0 Å². The lowest BCUT2D eigenvalue weighted by atomic mass is 9.98. The van der Waals surface area contributed by atoms with Gasteiger partial charge in [0.15, 0.2) is 0 Å². The molecule has 0 radical (unpaired) electrons. The highest BCUT2D eigenvalue weighted by Crippen LogP contribution is 2.41. The largest absolute Gasteiger partial charge is 0.438 e. The van der Waals surface area contributed by atoms with E-state index in [9.17, 15) is 20.2 Å². The zero-order chi connectivity index (χ0) is 22.7. The Bertz CT molecular complexity index is 1360. The average molecular weight is 444 g/mol. The fourth-order valence-electron chi connectivity index (χ4n) is 3.32. The van der Waals surface area contributed by atoms with Crippen LogP contribution >= 0.6 is 11.6 Å². The molecule has 0 aliphatic carbocycles. The summed E-state index contributed by atoms with van der Waals surface area (Å²) < 4.78 is 5.94. The number of nitro groups is 1. The molecule has 0 spiro atoms. The highest BCUT2D eigenvalue weighted by Gasteiger charge is 2.27. The first-order chi connectivity index (χ1) is 15.5. The number of benzene rings is 3. The molecule has 1 aromatic heterocycles. The van der Waals surface area contributed by atoms with Crippen LogP contribution in [0.5, 0.6) is 0 Å². The maximum atomic E-state index is 12.9. The van der Waals surface area contributed by atoms with E-state index >= 15 is 0 Å². The molecule has 32 heavy (non-hydrogen) atoms. The lowest BCUT2D eigenvalue weighted by Crippen LogP contribution is -2.14. The van der Waals surface area contributed by atoms with Crippen LogP contribution < -0.4 is 5.32 Å². The standard InChI is InChI=1S/C24H14ClN3O4/c25-17-11-12-18(20(13-17)28(30)31)23(29)27-24-19(14-26)21(15-7-3-1-4-8-15)22(32-24)16-9-5-2-6-10-16/h1-13H,(H,27,29). The van der Waals surface area contributed by atoms with Crippen molar-refractivity contribution in [2.24, 2.45) is 0 Å². The molecular weight excluding hydrogens is 430 g/mol. The quantitative estimate of drug-likeness (QED) is 0.287. The van der Waals surface area contributed by atoms with E-state index in [0.29, 0.717) is 16.9 Å². The summed E-state index contributed by atoms with van der Waals surface area (Å²) >= 11 is 5.84. The lowest BCUT2D eigenvalue weighted by Gasteiger charge is -2.04. The minimum absolute atomic E-state index is 0.0977. The van der Waals surface area contributed by atoms with Gasteiger partial charge in [-0.2, -0.15) is 5.26 Å². The second-order valence-corrected chi connectivity index (χ2v) is 7.16. The van der Waals surface area contributed by atoms with Crippen LogP contribution in [0.1, 0.15) is 15.9 Å². The van der Waals surface area contributed by atoms with E-state index < -0.39 is 16.5 Å². The van der Waals surface area contributed by atoms with Crippen LogP contribution in [0.4, 0.5) is 11.6 Å². The summed E-state index contributed by atoms with van der Waals surface area (Å²) in [6, 6.07) is 24.1. The number of carbonyl (C=O) groups excluding carboxylic acids is 1. The summed E-state index contributed by atoms with van der Waals surface area (Å²) in [6.45, 7) is 0. The molecule has 7 nitrogen and oxygen atoms in total. The van der Waals surface area contributed by atoms with Gasteiger partial charge in [0.05, 0.1) is 4.92 Å². The molecule has 0 aliphatic rings. The molecule has 0 saturated carbocycles. The summed E-state index contributed by atoms with van der Waals surface area (Å²) in [6.07, 6.45) is 0. The molecule has 4 rings (SSSR count). The second kappa shape index (κ2) is 8.76. The Morgan fingerprint density at radius 3 is 2.22 bits per heavy atom. The molecule has 4 aromatic rings. The summed E-state index contributed by atoms with van der Waals surface area (Å²) in [5.41, 5.74) is 1.40. The number of nitrogens with zero attached hydrogens (tertiary/aromatic N) is 2.